The summed E-state index contributed by atoms with van der Waals surface area (Å²) in [5.74, 6) is 0.493. The zero-order valence-corrected chi connectivity index (χ0v) is 19.0. The maximum atomic E-state index is 12.8. The number of nitrogens with zero attached hydrogens (tertiary/aromatic N) is 5. The number of unbranched alkanes of at least 4 members (excludes halogenated alkanes) is 2. The van der Waals surface area contributed by atoms with Gasteiger partial charge in [0.2, 0.25) is 0 Å². The molecule has 1 aromatic rings. The molecule has 0 saturated carbocycles. The van der Waals surface area contributed by atoms with Gasteiger partial charge < -0.3 is 14.7 Å². The lowest BCUT2D eigenvalue weighted by atomic mass is 10.1. The quantitative estimate of drug-likeness (QED) is 0.678. The molecular formula is C22H31ClN6O2. The summed E-state index contributed by atoms with van der Waals surface area (Å²) in [7, 11) is 1.69. The van der Waals surface area contributed by atoms with Crippen molar-refractivity contribution in [3.63, 3.8) is 0 Å². The second kappa shape index (κ2) is 9.44. The van der Waals surface area contributed by atoms with Crippen molar-refractivity contribution >= 4 is 29.5 Å². The predicted molar refractivity (Wildman–Crippen MR) is 121 cm³/mol. The summed E-state index contributed by atoms with van der Waals surface area (Å²) in [4.78, 5) is 38.2. The third-order valence-corrected chi connectivity index (χ3v) is 6.55. The standard InChI is InChI=1S/C22H31ClN6O2/c1-3-4-5-9-27-10-12-28(13-11-27)21-24-19-18(20(30)25-22(31)26(19)2)29(21)15-16-7-6-8-17(23)14-16/h6-8,14,18-19H,3-5,9-13,15H2,1-2H3,(H,25,30,31). The Bertz CT molecular complexity index is 854. The average Bonchev–Trinajstić information content (AvgIpc) is 3.13. The number of carbonyl (C=O) groups is 2. The molecule has 0 aliphatic carbocycles. The molecule has 2 unspecified atom stereocenters. The van der Waals surface area contributed by atoms with E-state index in [-0.39, 0.29) is 5.91 Å². The molecule has 1 N–H and O–H groups in total. The van der Waals surface area contributed by atoms with Crippen LogP contribution in [0.4, 0.5) is 4.79 Å². The summed E-state index contributed by atoms with van der Waals surface area (Å²) in [6, 6.07) is 6.71. The summed E-state index contributed by atoms with van der Waals surface area (Å²) in [5, 5.41) is 3.13. The Morgan fingerprint density at radius 1 is 1.16 bits per heavy atom. The fourth-order valence-electron chi connectivity index (χ4n) is 4.53. The molecule has 3 aliphatic heterocycles. The van der Waals surface area contributed by atoms with Gasteiger partial charge in [0.1, 0.15) is 0 Å². The van der Waals surface area contributed by atoms with Crippen LogP contribution in [0.2, 0.25) is 5.02 Å². The van der Waals surface area contributed by atoms with Crippen molar-refractivity contribution in [2.45, 2.75) is 44.9 Å². The van der Waals surface area contributed by atoms with Gasteiger partial charge in [0.15, 0.2) is 18.2 Å². The second-order valence-electron chi connectivity index (χ2n) is 8.49. The lowest BCUT2D eigenvalue weighted by Crippen LogP contribution is -2.64. The van der Waals surface area contributed by atoms with Gasteiger partial charge in [0, 0.05) is 44.8 Å². The number of piperazine rings is 1. The number of imide groups is 1. The molecule has 0 spiro atoms. The first-order chi connectivity index (χ1) is 15.0. The molecule has 9 heteroatoms. The van der Waals surface area contributed by atoms with Gasteiger partial charge in [0.05, 0.1) is 0 Å². The summed E-state index contributed by atoms with van der Waals surface area (Å²) >= 11 is 6.19. The van der Waals surface area contributed by atoms with E-state index in [0.29, 0.717) is 11.6 Å². The second-order valence-corrected chi connectivity index (χ2v) is 8.92. The number of urea groups is 1. The average molecular weight is 447 g/mol. The number of fused-ring (bicyclic) bond motifs is 1. The highest BCUT2D eigenvalue weighted by atomic mass is 35.5. The Labute approximate surface area is 188 Å². The number of hydrogen-bond acceptors (Lipinski definition) is 6. The van der Waals surface area contributed by atoms with Crippen molar-refractivity contribution < 1.29 is 9.59 Å². The van der Waals surface area contributed by atoms with Gasteiger partial charge in [-0.3, -0.25) is 15.0 Å². The Morgan fingerprint density at radius 3 is 2.65 bits per heavy atom. The summed E-state index contributed by atoms with van der Waals surface area (Å²) in [6.45, 7) is 7.53. The van der Waals surface area contributed by atoms with E-state index in [1.165, 1.54) is 24.2 Å². The molecule has 31 heavy (non-hydrogen) atoms. The molecule has 4 rings (SSSR count). The molecule has 2 fully saturated rings. The lowest BCUT2D eigenvalue weighted by Gasteiger charge is -2.40. The molecule has 3 aliphatic rings. The van der Waals surface area contributed by atoms with Gasteiger partial charge in [-0.25, -0.2) is 9.79 Å². The minimum atomic E-state index is -0.542. The number of likely N-dealkylation sites (N-methyl/N-ethyl adjacent to an activating group) is 1. The van der Waals surface area contributed by atoms with Crippen molar-refractivity contribution in [2.24, 2.45) is 4.99 Å². The maximum Gasteiger partial charge on any atom is 0.325 e. The van der Waals surface area contributed by atoms with Gasteiger partial charge in [-0.1, -0.05) is 43.5 Å². The lowest BCUT2D eigenvalue weighted by molar-refractivity contribution is -0.127. The number of nitrogens with one attached hydrogen (secondary N) is 1. The normalized spacial score (nSPS) is 24.4. The van der Waals surface area contributed by atoms with Gasteiger partial charge >= 0.3 is 6.03 Å². The summed E-state index contributed by atoms with van der Waals surface area (Å²) < 4.78 is 0. The Kier molecular flexibility index (Phi) is 6.67. The topological polar surface area (TPSA) is 71.5 Å². The number of rotatable bonds is 6. The van der Waals surface area contributed by atoms with Crippen LogP contribution < -0.4 is 5.32 Å². The molecule has 0 aromatic heterocycles. The Morgan fingerprint density at radius 2 is 1.94 bits per heavy atom. The third-order valence-electron chi connectivity index (χ3n) is 6.31. The van der Waals surface area contributed by atoms with Crippen LogP contribution in [0.3, 0.4) is 0 Å². The van der Waals surface area contributed by atoms with Crippen LogP contribution in [0.5, 0.6) is 0 Å². The molecule has 168 valence electrons. The van der Waals surface area contributed by atoms with E-state index in [1.807, 2.05) is 29.2 Å². The van der Waals surface area contributed by atoms with Crippen LogP contribution in [0.25, 0.3) is 0 Å². The van der Waals surface area contributed by atoms with Crippen molar-refractivity contribution in [1.29, 1.82) is 0 Å². The van der Waals surface area contributed by atoms with E-state index in [2.05, 4.69) is 22.0 Å². The molecule has 0 radical (unpaired) electrons. The Balaban J connectivity index is 1.53. The molecule has 8 nitrogen and oxygen atoms in total. The first-order valence-electron chi connectivity index (χ1n) is 11.1. The molecule has 2 saturated heterocycles. The number of benzene rings is 1. The molecule has 2 atom stereocenters. The number of carbonyl (C=O) groups excluding carboxylic acids is 2. The number of halogens is 1. The van der Waals surface area contributed by atoms with Gasteiger partial charge in [-0.15, -0.1) is 0 Å². The molecule has 0 bridgehead atoms. The van der Waals surface area contributed by atoms with Gasteiger partial charge in [0.25, 0.3) is 5.91 Å². The van der Waals surface area contributed by atoms with Crippen molar-refractivity contribution in [3.8, 4) is 0 Å². The van der Waals surface area contributed by atoms with E-state index in [9.17, 15) is 9.59 Å². The van der Waals surface area contributed by atoms with E-state index < -0.39 is 18.2 Å². The summed E-state index contributed by atoms with van der Waals surface area (Å²) in [6.07, 6.45) is 3.21. The SMILES string of the molecule is CCCCCN1CCN(C2=NC3C(C(=O)NC(=O)N3C)N2Cc2cccc(Cl)c2)CC1. The van der Waals surface area contributed by atoms with Crippen LogP contribution in [0, 0.1) is 0 Å². The van der Waals surface area contributed by atoms with Crippen LogP contribution >= 0.6 is 11.6 Å². The largest absolute Gasteiger partial charge is 0.340 e. The van der Waals surface area contributed by atoms with Crippen LogP contribution in [-0.2, 0) is 11.3 Å². The van der Waals surface area contributed by atoms with Crippen molar-refractivity contribution in [3.05, 3.63) is 34.9 Å². The van der Waals surface area contributed by atoms with E-state index in [0.717, 1.165) is 44.2 Å². The number of guanidine groups is 1. The van der Waals surface area contributed by atoms with E-state index in [4.69, 9.17) is 16.6 Å². The van der Waals surface area contributed by atoms with Gasteiger partial charge in [-0.05, 0) is 30.7 Å². The van der Waals surface area contributed by atoms with E-state index in [1.54, 1.807) is 7.05 Å². The van der Waals surface area contributed by atoms with Crippen LogP contribution in [-0.4, -0.2) is 89.5 Å². The first kappa shape index (κ1) is 21.9. The molecule has 1 aromatic carbocycles. The first-order valence-corrected chi connectivity index (χ1v) is 11.5. The zero-order chi connectivity index (χ0) is 22.0. The van der Waals surface area contributed by atoms with Crippen LogP contribution in [0.1, 0.15) is 31.7 Å². The smallest absolute Gasteiger partial charge is 0.325 e. The predicted octanol–water partition coefficient (Wildman–Crippen LogP) is 2.20. The van der Waals surface area contributed by atoms with Crippen molar-refractivity contribution in [2.75, 3.05) is 39.8 Å². The molecular weight excluding hydrogens is 416 g/mol. The summed E-state index contributed by atoms with van der Waals surface area (Å²) in [5.41, 5.74) is 1.01. The molecule has 3 amide bonds. The minimum Gasteiger partial charge on any atom is -0.340 e. The fourth-order valence-corrected chi connectivity index (χ4v) is 4.75. The van der Waals surface area contributed by atoms with E-state index >= 15 is 0 Å². The highest BCUT2D eigenvalue weighted by Crippen LogP contribution is 2.28. The van der Waals surface area contributed by atoms with Crippen molar-refractivity contribution in [1.82, 2.24) is 24.9 Å². The minimum absolute atomic E-state index is 0.299. The fraction of sp³-hybridized carbons (Fsp3) is 0.591. The number of aliphatic imine (C=N–C) groups is 1. The highest BCUT2D eigenvalue weighted by Gasteiger charge is 2.49. The maximum absolute atomic E-state index is 12.8. The third kappa shape index (κ3) is 4.65. The van der Waals surface area contributed by atoms with Gasteiger partial charge in [-0.2, -0.15) is 0 Å². The van der Waals surface area contributed by atoms with Crippen LogP contribution in [0.15, 0.2) is 29.3 Å². The Hall–Kier alpha value is -2.32. The number of amides is 3. The number of hydrogen-bond donors (Lipinski definition) is 1. The molecule has 3 heterocycles. The monoisotopic (exact) mass is 446 g/mol. The zero-order valence-electron chi connectivity index (χ0n) is 18.3. The highest BCUT2D eigenvalue weighted by molar-refractivity contribution is 6.30.